The van der Waals surface area contributed by atoms with Crippen LogP contribution >= 0.6 is 0 Å². The summed E-state index contributed by atoms with van der Waals surface area (Å²) in [5.74, 6) is 1.35. The van der Waals surface area contributed by atoms with Crippen molar-refractivity contribution in [2.75, 3.05) is 16.0 Å². The van der Waals surface area contributed by atoms with Gasteiger partial charge in [-0.3, -0.25) is 9.78 Å². The van der Waals surface area contributed by atoms with Gasteiger partial charge < -0.3 is 20.5 Å². The van der Waals surface area contributed by atoms with Crippen molar-refractivity contribution >= 4 is 46.0 Å². The highest BCUT2D eigenvalue weighted by Gasteiger charge is 2.15. The molecule has 4 aromatic rings. The van der Waals surface area contributed by atoms with Crippen LogP contribution in [0.4, 0.5) is 29.0 Å². The molecule has 0 aliphatic carbocycles. The van der Waals surface area contributed by atoms with Gasteiger partial charge in [0.05, 0.1) is 12.5 Å². The first-order chi connectivity index (χ1) is 14.5. The molecule has 10 heteroatoms. The third kappa shape index (κ3) is 4.17. The summed E-state index contributed by atoms with van der Waals surface area (Å²) in [6, 6.07) is 7.52. The van der Waals surface area contributed by atoms with E-state index in [2.05, 4.69) is 54.7 Å². The monoisotopic (exact) mass is 403 g/mol. The molecule has 152 valence electrons. The average Bonchev–Trinajstić information content (AvgIpc) is 3.14. The Morgan fingerprint density at radius 1 is 1.00 bits per heavy atom. The van der Waals surface area contributed by atoms with Crippen LogP contribution in [0.25, 0.3) is 11.2 Å². The molecular weight excluding hydrogens is 382 g/mol. The van der Waals surface area contributed by atoms with E-state index in [0.29, 0.717) is 28.7 Å². The fraction of sp³-hybridized carbons (Fsp3) is 0.200. The van der Waals surface area contributed by atoms with Gasteiger partial charge in [-0.2, -0.15) is 9.97 Å². The van der Waals surface area contributed by atoms with Crippen molar-refractivity contribution in [2.24, 2.45) is 0 Å². The van der Waals surface area contributed by atoms with Crippen LogP contribution in [0.2, 0.25) is 0 Å². The lowest BCUT2D eigenvalue weighted by molar-refractivity contribution is -0.114. The lowest BCUT2D eigenvalue weighted by atomic mass is 10.2. The van der Waals surface area contributed by atoms with Gasteiger partial charge in [0.25, 0.3) is 0 Å². The van der Waals surface area contributed by atoms with Gasteiger partial charge in [-0.25, -0.2) is 9.97 Å². The normalized spacial score (nSPS) is 10.9. The molecule has 0 aliphatic rings. The molecule has 0 spiro atoms. The van der Waals surface area contributed by atoms with Gasteiger partial charge >= 0.3 is 0 Å². The zero-order chi connectivity index (χ0) is 21.1. The first-order valence-corrected chi connectivity index (χ1v) is 9.42. The van der Waals surface area contributed by atoms with Gasteiger partial charge in [0.15, 0.2) is 22.8 Å². The maximum atomic E-state index is 11.2. The minimum Gasteiger partial charge on any atom is -0.338 e. The number of anilines is 5. The Morgan fingerprint density at radius 3 is 2.43 bits per heavy atom. The van der Waals surface area contributed by atoms with E-state index in [4.69, 9.17) is 0 Å². The van der Waals surface area contributed by atoms with E-state index >= 15 is 0 Å². The smallest absolute Gasteiger partial charge is 0.232 e. The number of aromatic nitrogens is 6. The van der Waals surface area contributed by atoms with Crippen molar-refractivity contribution in [3.8, 4) is 0 Å². The van der Waals surface area contributed by atoms with Crippen LogP contribution in [0.15, 0.2) is 49.2 Å². The van der Waals surface area contributed by atoms with Gasteiger partial charge in [0.2, 0.25) is 11.9 Å². The van der Waals surface area contributed by atoms with Crippen molar-refractivity contribution in [3.63, 3.8) is 0 Å². The van der Waals surface area contributed by atoms with Crippen LogP contribution in [0, 0.1) is 0 Å². The Morgan fingerprint density at radius 2 is 1.77 bits per heavy atom. The highest BCUT2D eigenvalue weighted by molar-refractivity contribution is 5.89. The second-order valence-electron chi connectivity index (χ2n) is 6.91. The number of amides is 1. The highest BCUT2D eigenvalue weighted by atomic mass is 16.1. The first-order valence-electron chi connectivity index (χ1n) is 9.42. The molecule has 1 amide bonds. The number of hydrogen-bond acceptors (Lipinski definition) is 8. The highest BCUT2D eigenvalue weighted by Crippen LogP contribution is 2.27. The molecule has 0 bridgehead atoms. The molecule has 30 heavy (non-hydrogen) atoms. The Bertz CT molecular complexity index is 1170. The number of hydrogen-bond donors (Lipinski definition) is 3. The van der Waals surface area contributed by atoms with Crippen LogP contribution in [0.3, 0.4) is 0 Å². The standard InChI is InChI=1S/C20H21N9O/c1-12(2)29-11-23-17-18(25-15-6-4-14(5-7-15)24-13(3)30)27-20(28-19(17)29)26-16-10-21-8-9-22-16/h4-12H,1-3H3,(H,24,30)(H2,22,25,26,27,28). The molecule has 0 fully saturated rings. The molecule has 0 aliphatic heterocycles. The molecule has 10 nitrogen and oxygen atoms in total. The van der Waals surface area contributed by atoms with E-state index < -0.39 is 0 Å². The van der Waals surface area contributed by atoms with E-state index in [-0.39, 0.29) is 11.9 Å². The molecule has 0 radical (unpaired) electrons. The number of carbonyl (C=O) groups excluding carboxylic acids is 1. The van der Waals surface area contributed by atoms with Crippen LogP contribution in [0.5, 0.6) is 0 Å². The molecular formula is C20H21N9O. The third-order valence-electron chi connectivity index (χ3n) is 4.25. The van der Waals surface area contributed by atoms with E-state index in [0.717, 1.165) is 11.4 Å². The van der Waals surface area contributed by atoms with Gasteiger partial charge in [-0.05, 0) is 38.1 Å². The molecule has 4 rings (SSSR count). The van der Waals surface area contributed by atoms with Crippen molar-refractivity contribution in [1.82, 2.24) is 29.5 Å². The minimum atomic E-state index is -0.118. The van der Waals surface area contributed by atoms with Crippen molar-refractivity contribution in [3.05, 3.63) is 49.2 Å². The largest absolute Gasteiger partial charge is 0.338 e. The van der Waals surface area contributed by atoms with Crippen LogP contribution in [0.1, 0.15) is 26.8 Å². The Labute approximate surface area is 172 Å². The third-order valence-corrected chi connectivity index (χ3v) is 4.25. The van der Waals surface area contributed by atoms with Crippen molar-refractivity contribution < 1.29 is 4.79 Å². The molecule has 3 heterocycles. The van der Waals surface area contributed by atoms with Gasteiger partial charge in [0.1, 0.15) is 0 Å². The number of carbonyl (C=O) groups is 1. The SMILES string of the molecule is CC(=O)Nc1ccc(Nc2nc(Nc3cnccn3)nc3c2ncn3C(C)C)cc1. The van der Waals surface area contributed by atoms with Crippen LogP contribution in [-0.4, -0.2) is 35.4 Å². The summed E-state index contributed by atoms with van der Waals surface area (Å²) in [6.45, 7) is 5.60. The maximum absolute atomic E-state index is 11.2. The van der Waals surface area contributed by atoms with E-state index in [1.807, 2.05) is 28.8 Å². The number of rotatable bonds is 6. The zero-order valence-corrected chi connectivity index (χ0v) is 16.8. The number of nitrogens with zero attached hydrogens (tertiary/aromatic N) is 6. The second kappa shape index (κ2) is 8.11. The van der Waals surface area contributed by atoms with Gasteiger partial charge in [-0.1, -0.05) is 0 Å². The summed E-state index contributed by atoms with van der Waals surface area (Å²) in [5.41, 5.74) is 2.87. The number of fused-ring (bicyclic) bond motifs is 1. The minimum absolute atomic E-state index is 0.118. The quantitative estimate of drug-likeness (QED) is 0.446. The molecule has 3 aromatic heterocycles. The van der Waals surface area contributed by atoms with Crippen LogP contribution < -0.4 is 16.0 Å². The summed E-state index contributed by atoms with van der Waals surface area (Å²) in [5, 5.41) is 9.12. The van der Waals surface area contributed by atoms with Crippen molar-refractivity contribution in [1.29, 1.82) is 0 Å². The van der Waals surface area contributed by atoms with Crippen LogP contribution in [-0.2, 0) is 4.79 Å². The number of benzene rings is 1. The molecule has 0 saturated heterocycles. The summed E-state index contributed by atoms with van der Waals surface area (Å²) in [7, 11) is 0. The summed E-state index contributed by atoms with van der Waals surface area (Å²) >= 11 is 0. The zero-order valence-electron chi connectivity index (χ0n) is 16.8. The molecule has 0 unspecified atom stereocenters. The fourth-order valence-corrected chi connectivity index (χ4v) is 2.89. The second-order valence-corrected chi connectivity index (χ2v) is 6.91. The van der Waals surface area contributed by atoms with E-state index in [1.54, 1.807) is 24.9 Å². The topological polar surface area (TPSA) is 123 Å². The first kappa shape index (κ1) is 19.2. The Kier molecular flexibility index (Phi) is 5.21. The fourth-order valence-electron chi connectivity index (χ4n) is 2.89. The Hall–Kier alpha value is -4.08. The van der Waals surface area contributed by atoms with E-state index in [9.17, 15) is 4.79 Å². The lowest BCUT2D eigenvalue weighted by Crippen LogP contribution is -2.07. The van der Waals surface area contributed by atoms with Gasteiger partial charge in [-0.15, -0.1) is 0 Å². The van der Waals surface area contributed by atoms with Crippen molar-refractivity contribution in [2.45, 2.75) is 26.8 Å². The van der Waals surface area contributed by atoms with Gasteiger partial charge in [0, 0.05) is 36.7 Å². The molecule has 1 aromatic carbocycles. The maximum Gasteiger partial charge on any atom is 0.232 e. The van der Waals surface area contributed by atoms with E-state index in [1.165, 1.54) is 6.92 Å². The Balaban J connectivity index is 1.71. The summed E-state index contributed by atoms with van der Waals surface area (Å²) in [6.07, 6.45) is 6.54. The number of imidazole rings is 1. The molecule has 0 atom stereocenters. The summed E-state index contributed by atoms with van der Waals surface area (Å²) in [4.78, 5) is 33.2. The number of nitrogens with one attached hydrogen (secondary N) is 3. The predicted octanol–water partition coefficient (Wildman–Crippen LogP) is 3.64. The lowest BCUT2D eigenvalue weighted by Gasteiger charge is -2.12. The predicted molar refractivity (Wildman–Crippen MR) is 115 cm³/mol. The average molecular weight is 403 g/mol. The summed E-state index contributed by atoms with van der Waals surface area (Å²) < 4.78 is 1.98. The molecule has 3 N–H and O–H groups in total. The molecule has 0 saturated carbocycles.